The first-order valence-electron chi connectivity index (χ1n) is 4.67. The number of hydrogen-bond acceptors (Lipinski definition) is 2. The summed E-state index contributed by atoms with van der Waals surface area (Å²) in [6.45, 7) is 4.82. The minimum absolute atomic E-state index is 0. The van der Waals surface area contributed by atoms with Crippen molar-refractivity contribution < 1.29 is 0 Å². The van der Waals surface area contributed by atoms with Crippen molar-refractivity contribution in [3.8, 4) is 0 Å². The highest BCUT2D eigenvalue weighted by Crippen LogP contribution is 2.16. The third-order valence-electron chi connectivity index (χ3n) is 2.15. The Labute approximate surface area is 92.1 Å². The first-order chi connectivity index (χ1) is 6.13. The van der Waals surface area contributed by atoms with Gasteiger partial charge in [0.15, 0.2) is 0 Å². The molecule has 0 bridgehead atoms. The van der Waals surface area contributed by atoms with E-state index >= 15 is 0 Å². The quantitative estimate of drug-likeness (QED) is 0.810. The van der Waals surface area contributed by atoms with Gasteiger partial charge < -0.3 is 11.5 Å². The topological polar surface area (TPSA) is 52.0 Å². The second-order valence-electron chi connectivity index (χ2n) is 3.60. The summed E-state index contributed by atoms with van der Waals surface area (Å²) in [7, 11) is 0. The summed E-state index contributed by atoms with van der Waals surface area (Å²) in [6.07, 6.45) is 0.850. The van der Waals surface area contributed by atoms with E-state index in [-0.39, 0.29) is 18.4 Å². The van der Waals surface area contributed by atoms with Crippen molar-refractivity contribution in [2.75, 3.05) is 6.54 Å². The third kappa shape index (κ3) is 3.66. The van der Waals surface area contributed by atoms with Crippen molar-refractivity contribution in [1.82, 2.24) is 0 Å². The van der Waals surface area contributed by atoms with Crippen molar-refractivity contribution in [1.29, 1.82) is 0 Å². The number of benzene rings is 1. The zero-order valence-electron chi connectivity index (χ0n) is 8.79. The number of hydrogen-bond donors (Lipinski definition) is 2. The van der Waals surface area contributed by atoms with Crippen LogP contribution in [0.1, 0.15) is 29.2 Å². The van der Waals surface area contributed by atoms with Crippen LogP contribution in [0.5, 0.6) is 0 Å². The lowest BCUT2D eigenvalue weighted by Gasteiger charge is -2.12. The zero-order chi connectivity index (χ0) is 9.84. The van der Waals surface area contributed by atoms with Gasteiger partial charge in [0.25, 0.3) is 0 Å². The van der Waals surface area contributed by atoms with Gasteiger partial charge in [-0.25, -0.2) is 0 Å². The molecule has 0 aliphatic rings. The highest BCUT2D eigenvalue weighted by atomic mass is 35.5. The van der Waals surface area contributed by atoms with E-state index in [9.17, 15) is 0 Å². The molecule has 0 aliphatic heterocycles. The lowest BCUT2D eigenvalue weighted by atomic mass is 10.00. The predicted molar refractivity (Wildman–Crippen MR) is 63.8 cm³/mol. The van der Waals surface area contributed by atoms with E-state index in [1.807, 2.05) is 0 Å². The van der Waals surface area contributed by atoms with Gasteiger partial charge in [-0.15, -0.1) is 12.4 Å². The van der Waals surface area contributed by atoms with Gasteiger partial charge in [0.05, 0.1) is 0 Å². The Morgan fingerprint density at radius 3 is 2.07 bits per heavy atom. The Kier molecular flexibility index (Phi) is 5.77. The first kappa shape index (κ1) is 13.4. The summed E-state index contributed by atoms with van der Waals surface area (Å²) in [5.74, 6) is 0. The maximum Gasteiger partial charge on any atom is 0.0307 e. The van der Waals surface area contributed by atoms with E-state index in [0.29, 0.717) is 6.54 Å². The standard InChI is InChI=1S/C11H18N2.ClH/c1-8-5-9(2)7-10(6-8)11(13)3-4-12;/h5-7,11H,3-4,12-13H2,1-2H3;1H/t11-;/m1./s1. The van der Waals surface area contributed by atoms with Crippen molar-refractivity contribution in [2.24, 2.45) is 11.5 Å². The molecule has 0 fully saturated rings. The number of nitrogens with two attached hydrogens (primary N) is 2. The lowest BCUT2D eigenvalue weighted by molar-refractivity contribution is 0.660. The highest BCUT2D eigenvalue weighted by Gasteiger charge is 2.05. The van der Waals surface area contributed by atoms with E-state index in [4.69, 9.17) is 11.5 Å². The van der Waals surface area contributed by atoms with Gasteiger partial charge in [0, 0.05) is 6.04 Å². The highest BCUT2D eigenvalue weighted by molar-refractivity contribution is 5.85. The molecule has 0 aromatic heterocycles. The van der Waals surface area contributed by atoms with E-state index in [1.165, 1.54) is 16.7 Å². The molecule has 1 aromatic carbocycles. The summed E-state index contributed by atoms with van der Waals surface area (Å²) < 4.78 is 0. The molecule has 0 heterocycles. The minimum atomic E-state index is 0. The Balaban J connectivity index is 0.00000169. The van der Waals surface area contributed by atoms with Crippen LogP contribution >= 0.6 is 12.4 Å². The molecule has 4 N–H and O–H groups in total. The van der Waals surface area contributed by atoms with Gasteiger partial charge in [-0.2, -0.15) is 0 Å². The second kappa shape index (κ2) is 6.02. The fourth-order valence-corrected chi connectivity index (χ4v) is 1.57. The molecular weight excluding hydrogens is 196 g/mol. The summed E-state index contributed by atoms with van der Waals surface area (Å²) in [4.78, 5) is 0. The Hall–Kier alpha value is -0.570. The minimum Gasteiger partial charge on any atom is -0.330 e. The van der Waals surface area contributed by atoms with Gasteiger partial charge >= 0.3 is 0 Å². The average Bonchev–Trinajstić information content (AvgIpc) is 2.03. The van der Waals surface area contributed by atoms with E-state index < -0.39 is 0 Å². The number of rotatable bonds is 3. The summed E-state index contributed by atoms with van der Waals surface area (Å²) >= 11 is 0. The van der Waals surface area contributed by atoms with Crippen LogP contribution in [0.4, 0.5) is 0 Å². The average molecular weight is 215 g/mol. The van der Waals surface area contributed by atoms with Crippen LogP contribution in [0.3, 0.4) is 0 Å². The normalized spacial score (nSPS) is 12.0. The van der Waals surface area contributed by atoms with Gasteiger partial charge in [0.2, 0.25) is 0 Å². The molecule has 0 saturated carbocycles. The Morgan fingerprint density at radius 1 is 1.14 bits per heavy atom. The molecule has 80 valence electrons. The number of aryl methyl sites for hydroxylation is 2. The molecule has 1 atom stereocenters. The molecule has 0 aliphatic carbocycles. The molecule has 1 aromatic rings. The molecule has 3 heteroatoms. The van der Waals surface area contributed by atoms with Crippen LogP contribution in [0.2, 0.25) is 0 Å². The van der Waals surface area contributed by atoms with Crippen LogP contribution in [0.25, 0.3) is 0 Å². The summed E-state index contributed by atoms with van der Waals surface area (Å²) in [6, 6.07) is 6.50. The van der Waals surface area contributed by atoms with E-state index in [2.05, 4.69) is 32.0 Å². The number of halogens is 1. The summed E-state index contributed by atoms with van der Waals surface area (Å²) in [5.41, 5.74) is 15.2. The third-order valence-corrected chi connectivity index (χ3v) is 2.15. The SMILES string of the molecule is Cc1cc(C)cc([C@H](N)CCN)c1.Cl. The van der Waals surface area contributed by atoms with Crippen molar-refractivity contribution in [3.63, 3.8) is 0 Å². The molecule has 14 heavy (non-hydrogen) atoms. The van der Waals surface area contributed by atoms with E-state index in [0.717, 1.165) is 6.42 Å². The molecule has 0 spiro atoms. The fourth-order valence-electron chi connectivity index (χ4n) is 1.57. The molecular formula is C11H19ClN2. The van der Waals surface area contributed by atoms with Crippen molar-refractivity contribution in [3.05, 3.63) is 34.9 Å². The van der Waals surface area contributed by atoms with Crippen LogP contribution in [0.15, 0.2) is 18.2 Å². The van der Waals surface area contributed by atoms with Crippen LogP contribution < -0.4 is 11.5 Å². The van der Waals surface area contributed by atoms with Crippen LogP contribution in [-0.2, 0) is 0 Å². The van der Waals surface area contributed by atoms with Gasteiger partial charge in [-0.1, -0.05) is 29.3 Å². The van der Waals surface area contributed by atoms with Gasteiger partial charge in [-0.05, 0) is 32.4 Å². The molecule has 0 radical (unpaired) electrons. The zero-order valence-corrected chi connectivity index (χ0v) is 9.60. The predicted octanol–water partition coefficient (Wildman–Crippen LogP) is 2.07. The smallest absolute Gasteiger partial charge is 0.0307 e. The summed E-state index contributed by atoms with van der Waals surface area (Å²) in [5, 5.41) is 0. The maximum absolute atomic E-state index is 5.96. The second-order valence-corrected chi connectivity index (χ2v) is 3.60. The maximum atomic E-state index is 5.96. The fraction of sp³-hybridized carbons (Fsp3) is 0.455. The van der Waals surface area contributed by atoms with Gasteiger partial charge in [0.1, 0.15) is 0 Å². The largest absolute Gasteiger partial charge is 0.330 e. The molecule has 0 unspecified atom stereocenters. The van der Waals surface area contributed by atoms with E-state index in [1.54, 1.807) is 0 Å². The lowest BCUT2D eigenvalue weighted by Crippen LogP contribution is -2.15. The molecule has 0 amide bonds. The Bertz CT molecular complexity index is 266. The molecule has 2 nitrogen and oxygen atoms in total. The van der Waals surface area contributed by atoms with Crippen LogP contribution in [-0.4, -0.2) is 6.54 Å². The van der Waals surface area contributed by atoms with Gasteiger partial charge in [-0.3, -0.25) is 0 Å². The Morgan fingerprint density at radius 2 is 1.64 bits per heavy atom. The van der Waals surface area contributed by atoms with Crippen molar-refractivity contribution in [2.45, 2.75) is 26.3 Å². The molecule has 1 rings (SSSR count). The first-order valence-corrected chi connectivity index (χ1v) is 4.67. The monoisotopic (exact) mass is 214 g/mol. The van der Waals surface area contributed by atoms with Crippen LogP contribution in [0, 0.1) is 13.8 Å². The van der Waals surface area contributed by atoms with Crippen molar-refractivity contribution >= 4 is 12.4 Å². The molecule has 0 saturated heterocycles.